The number of unbranched alkanes of at least 4 members (excludes halogenated alkanes) is 22. The number of carbonyl (C=O) groups is 1. The predicted octanol–water partition coefficient (Wildman–Crippen LogP) is 8.39. The lowest BCUT2D eigenvalue weighted by Crippen LogP contribution is -2.60. The lowest BCUT2D eigenvalue weighted by molar-refractivity contribution is -0.303. The molecule has 11 heteroatoms. The molecule has 0 aliphatic carbocycles. The van der Waals surface area contributed by atoms with E-state index >= 15 is 0 Å². The highest BCUT2D eigenvalue weighted by molar-refractivity contribution is 5.80. The first-order chi connectivity index (χ1) is 29.2. The van der Waals surface area contributed by atoms with E-state index in [-0.39, 0.29) is 12.8 Å². The third-order valence-corrected chi connectivity index (χ3v) is 11.7. The van der Waals surface area contributed by atoms with Gasteiger partial charge in [0, 0.05) is 0 Å². The molecule has 0 saturated carbocycles. The van der Waals surface area contributed by atoms with Crippen LogP contribution in [0.2, 0.25) is 0 Å². The van der Waals surface area contributed by atoms with Crippen molar-refractivity contribution >= 4 is 5.91 Å². The first-order valence-corrected chi connectivity index (χ1v) is 24.4. The number of carbonyl (C=O) groups excluding carboxylic acids is 1. The highest BCUT2D eigenvalue weighted by Gasteiger charge is 2.44. The summed E-state index contributed by atoms with van der Waals surface area (Å²) in [4.78, 5) is 13.0. The van der Waals surface area contributed by atoms with Crippen LogP contribution >= 0.6 is 0 Å². The number of rotatable bonds is 40. The van der Waals surface area contributed by atoms with E-state index in [0.29, 0.717) is 19.3 Å². The molecule has 9 unspecified atom stereocenters. The van der Waals surface area contributed by atoms with Gasteiger partial charge in [0.25, 0.3) is 0 Å². The summed E-state index contributed by atoms with van der Waals surface area (Å²) in [6.45, 7) is 3.38. The molecule has 0 aromatic rings. The van der Waals surface area contributed by atoms with Crippen LogP contribution in [-0.2, 0) is 14.3 Å². The Bertz CT molecular complexity index is 1070. The Kier molecular flexibility index (Phi) is 36.6. The highest BCUT2D eigenvalue weighted by Crippen LogP contribution is 2.23. The van der Waals surface area contributed by atoms with Gasteiger partial charge in [0.15, 0.2) is 6.29 Å². The summed E-state index contributed by atoms with van der Waals surface area (Å²) in [5, 5.41) is 75.5. The summed E-state index contributed by atoms with van der Waals surface area (Å²) in [6, 6.07) is -1.19. The van der Waals surface area contributed by atoms with Crippen LogP contribution in [0.1, 0.15) is 200 Å². The maximum Gasteiger partial charge on any atom is 0.249 e. The lowest BCUT2D eigenvalue weighted by Gasteiger charge is -2.40. The molecule has 1 saturated heterocycles. The summed E-state index contributed by atoms with van der Waals surface area (Å²) >= 11 is 0. The first-order valence-electron chi connectivity index (χ1n) is 24.4. The Morgan fingerprint density at radius 2 is 1.00 bits per heavy atom. The second-order valence-electron chi connectivity index (χ2n) is 17.2. The van der Waals surface area contributed by atoms with Crippen LogP contribution in [0.4, 0.5) is 0 Å². The van der Waals surface area contributed by atoms with Crippen molar-refractivity contribution in [2.24, 2.45) is 0 Å². The third kappa shape index (κ3) is 28.1. The van der Waals surface area contributed by atoms with E-state index in [0.717, 1.165) is 44.9 Å². The molecule has 1 amide bonds. The van der Waals surface area contributed by atoms with Crippen molar-refractivity contribution in [2.75, 3.05) is 13.2 Å². The number of allylic oxidation sites excluding steroid dienone is 6. The summed E-state index contributed by atoms with van der Waals surface area (Å²) < 4.78 is 11.1. The fourth-order valence-electron chi connectivity index (χ4n) is 7.59. The minimum absolute atomic E-state index is 0.242. The van der Waals surface area contributed by atoms with Gasteiger partial charge in [-0.1, -0.05) is 172 Å². The summed E-state index contributed by atoms with van der Waals surface area (Å²) in [7, 11) is 0. The van der Waals surface area contributed by atoms with Gasteiger partial charge in [-0.25, -0.2) is 0 Å². The summed E-state index contributed by atoms with van der Waals surface area (Å²) in [5.41, 5.74) is 0. The molecule has 60 heavy (non-hydrogen) atoms. The second-order valence-corrected chi connectivity index (χ2v) is 17.2. The molecule has 8 N–H and O–H groups in total. The van der Waals surface area contributed by atoms with Gasteiger partial charge in [-0.15, -0.1) is 0 Å². The zero-order chi connectivity index (χ0) is 44.1. The molecule has 1 aliphatic rings. The van der Waals surface area contributed by atoms with Gasteiger partial charge in [0.1, 0.15) is 36.6 Å². The number of hydrogen-bond donors (Lipinski definition) is 8. The molecule has 0 aromatic carbocycles. The van der Waals surface area contributed by atoms with Crippen LogP contribution in [0, 0.1) is 0 Å². The summed E-state index contributed by atoms with van der Waals surface area (Å²) in [6.07, 6.45) is 33.6. The van der Waals surface area contributed by atoms with Crippen molar-refractivity contribution in [1.82, 2.24) is 5.32 Å². The number of hydrogen-bond acceptors (Lipinski definition) is 10. The number of aliphatic hydroxyl groups excluding tert-OH is 7. The van der Waals surface area contributed by atoms with Crippen LogP contribution in [0.15, 0.2) is 36.5 Å². The van der Waals surface area contributed by atoms with Gasteiger partial charge in [-0.3, -0.25) is 4.79 Å². The molecule has 9 atom stereocenters. The minimum atomic E-state index is -1.67. The molecule has 1 aliphatic heterocycles. The molecule has 0 radical (unpaired) electrons. The zero-order valence-electron chi connectivity index (χ0n) is 37.9. The maximum absolute atomic E-state index is 13.0. The largest absolute Gasteiger partial charge is 0.394 e. The normalized spacial score (nSPS) is 21.9. The molecule has 1 fully saturated rings. The maximum atomic E-state index is 13.0. The van der Waals surface area contributed by atoms with Gasteiger partial charge in [0.2, 0.25) is 5.91 Å². The second kappa shape index (κ2) is 39.0. The van der Waals surface area contributed by atoms with E-state index in [1.54, 1.807) is 0 Å². The first kappa shape index (κ1) is 56.3. The van der Waals surface area contributed by atoms with Crippen molar-refractivity contribution in [3.63, 3.8) is 0 Å². The standard InChI is InChI=1S/C49H91NO10/c1-3-5-7-9-11-13-14-15-16-17-18-19-20-21-22-23-24-25-26-27-29-30-32-34-36-41(52)44(54)40(39-59-49-47(57)46(56)45(55)43(38-51)60-49)50-48(58)42(53)37-35-33-31-28-12-10-8-6-4-2/h20-21,24-25,29-30,40-47,49,51-57H,3-19,22-23,26-28,31-39H2,1-2H3,(H,50,58)/b21-20+,25-24+,30-29+. The molecule has 0 bridgehead atoms. The van der Waals surface area contributed by atoms with Gasteiger partial charge in [-0.05, 0) is 64.2 Å². The van der Waals surface area contributed by atoms with Crippen molar-refractivity contribution in [2.45, 2.75) is 255 Å². The number of amides is 1. The fourth-order valence-corrected chi connectivity index (χ4v) is 7.59. The fraction of sp³-hybridized carbons (Fsp3) is 0.857. The van der Waals surface area contributed by atoms with E-state index in [4.69, 9.17) is 9.47 Å². The van der Waals surface area contributed by atoms with Gasteiger partial charge >= 0.3 is 0 Å². The van der Waals surface area contributed by atoms with Crippen molar-refractivity contribution < 1.29 is 50.0 Å². The number of ether oxygens (including phenoxy) is 2. The van der Waals surface area contributed by atoms with E-state index in [2.05, 4.69) is 55.6 Å². The zero-order valence-corrected chi connectivity index (χ0v) is 37.9. The van der Waals surface area contributed by atoms with Crippen LogP contribution in [0.5, 0.6) is 0 Å². The predicted molar refractivity (Wildman–Crippen MR) is 242 cm³/mol. The van der Waals surface area contributed by atoms with E-state index < -0.39 is 74.2 Å². The Labute approximate surface area is 365 Å². The van der Waals surface area contributed by atoms with Crippen molar-refractivity contribution in [3.8, 4) is 0 Å². The Morgan fingerprint density at radius 3 is 1.48 bits per heavy atom. The molecule has 11 nitrogen and oxygen atoms in total. The topological polar surface area (TPSA) is 189 Å². The van der Waals surface area contributed by atoms with Crippen LogP contribution in [0.3, 0.4) is 0 Å². The van der Waals surface area contributed by atoms with Gasteiger partial charge in [0.05, 0.1) is 25.4 Å². The Balaban J connectivity index is 2.40. The third-order valence-electron chi connectivity index (χ3n) is 11.7. The molecule has 352 valence electrons. The Morgan fingerprint density at radius 1 is 0.567 bits per heavy atom. The van der Waals surface area contributed by atoms with Crippen LogP contribution in [-0.4, -0.2) is 110 Å². The van der Waals surface area contributed by atoms with Gasteiger partial charge < -0.3 is 50.5 Å². The SMILES string of the molecule is CCCCCCCCCCCCC/C=C/CC/C=C/CC/C=C/CCCC(O)C(O)C(COC1OC(CO)C(O)C(O)C1O)NC(=O)C(O)CCCCCCCCCCC. The smallest absolute Gasteiger partial charge is 0.249 e. The minimum Gasteiger partial charge on any atom is -0.394 e. The number of aliphatic hydroxyl groups is 7. The molecule has 0 spiro atoms. The van der Waals surface area contributed by atoms with Crippen molar-refractivity contribution in [1.29, 1.82) is 0 Å². The number of nitrogens with one attached hydrogen (secondary N) is 1. The van der Waals surface area contributed by atoms with Crippen LogP contribution in [0.25, 0.3) is 0 Å². The monoisotopic (exact) mass is 854 g/mol. The molecule has 0 aromatic heterocycles. The molecule has 1 heterocycles. The Hall–Kier alpha value is -1.67. The summed E-state index contributed by atoms with van der Waals surface area (Å²) in [5.74, 6) is -0.716. The molecular weight excluding hydrogens is 763 g/mol. The lowest BCUT2D eigenvalue weighted by atomic mass is 9.98. The van der Waals surface area contributed by atoms with E-state index in [9.17, 15) is 40.5 Å². The molecular formula is C49H91NO10. The van der Waals surface area contributed by atoms with Crippen molar-refractivity contribution in [3.05, 3.63) is 36.5 Å². The molecule has 1 rings (SSSR count). The van der Waals surface area contributed by atoms with Crippen LogP contribution < -0.4 is 5.32 Å². The van der Waals surface area contributed by atoms with Gasteiger partial charge in [-0.2, -0.15) is 0 Å². The average molecular weight is 854 g/mol. The quantitative estimate of drug-likeness (QED) is 0.0220. The van der Waals surface area contributed by atoms with E-state index in [1.165, 1.54) is 109 Å². The highest BCUT2D eigenvalue weighted by atomic mass is 16.7. The van der Waals surface area contributed by atoms with E-state index in [1.807, 2.05) is 0 Å². The average Bonchev–Trinajstić information content (AvgIpc) is 3.25.